The van der Waals surface area contributed by atoms with Gasteiger partial charge in [-0.15, -0.1) is 0 Å². The lowest BCUT2D eigenvalue weighted by Gasteiger charge is -2.21. The summed E-state index contributed by atoms with van der Waals surface area (Å²) in [5.41, 5.74) is 7.17. The first-order valence-corrected chi connectivity index (χ1v) is 5.97. The van der Waals surface area contributed by atoms with Crippen LogP contribution in [0.1, 0.15) is 32.9 Å². The molecule has 0 aliphatic heterocycles. The van der Waals surface area contributed by atoms with Gasteiger partial charge in [0.2, 0.25) is 0 Å². The van der Waals surface area contributed by atoms with E-state index in [9.17, 15) is 0 Å². The van der Waals surface area contributed by atoms with E-state index in [0.29, 0.717) is 22.6 Å². The molecule has 0 spiro atoms. The first-order valence-electron chi connectivity index (χ1n) is 5.57. The second-order valence-electron chi connectivity index (χ2n) is 4.20. The fraction of sp³-hybridized carbons (Fsp3) is 0.500. The maximum absolute atomic E-state index is 5.49. The molecule has 0 aliphatic rings. The third kappa shape index (κ3) is 3.45. The lowest BCUT2D eigenvalue weighted by molar-refractivity contribution is 0.511. The summed E-state index contributed by atoms with van der Waals surface area (Å²) in [6.07, 6.45) is 2.87. The van der Waals surface area contributed by atoms with Crippen molar-refractivity contribution in [2.45, 2.75) is 33.2 Å². The van der Waals surface area contributed by atoms with Gasteiger partial charge in [0.25, 0.3) is 0 Å². The standard InChI is InChI=1S/C12H19N3S/c1-4-10(8(2)3)15-9-5-6-11(12(13)16)14-7-9/h5-8,10,15H,4H2,1-3H3,(H2,13,16). The summed E-state index contributed by atoms with van der Waals surface area (Å²) in [5.74, 6) is 0.597. The van der Waals surface area contributed by atoms with Gasteiger partial charge in [0, 0.05) is 6.04 Å². The van der Waals surface area contributed by atoms with E-state index in [1.165, 1.54) is 0 Å². The number of nitrogens with zero attached hydrogens (tertiary/aromatic N) is 1. The highest BCUT2D eigenvalue weighted by atomic mass is 32.1. The lowest BCUT2D eigenvalue weighted by atomic mass is 10.0. The van der Waals surface area contributed by atoms with Crippen LogP contribution in [0, 0.1) is 5.92 Å². The molecule has 88 valence electrons. The van der Waals surface area contributed by atoms with Crippen molar-refractivity contribution in [3.8, 4) is 0 Å². The van der Waals surface area contributed by atoms with Crippen molar-refractivity contribution in [2.75, 3.05) is 5.32 Å². The molecule has 0 fully saturated rings. The molecule has 1 heterocycles. The van der Waals surface area contributed by atoms with Crippen LogP contribution in [0.5, 0.6) is 0 Å². The predicted octanol–water partition coefficient (Wildman–Crippen LogP) is 2.56. The van der Waals surface area contributed by atoms with Crippen LogP contribution in [-0.2, 0) is 0 Å². The molecule has 16 heavy (non-hydrogen) atoms. The maximum atomic E-state index is 5.49. The summed E-state index contributed by atoms with van der Waals surface area (Å²) in [6.45, 7) is 6.59. The molecule has 0 bridgehead atoms. The summed E-state index contributed by atoms with van der Waals surface area (Å²) in [4.78, 5) is 4.53. The zero-order valence-electron chi connectivity index (χ0n) is 10.0. The fourth-order valence-electron chi connectivity index (χ4n) is 1.58. The van der Waals surface area contributed by atoms with Gasteiger partial charge in [-0.05, 0) is 24.5 Å². The molecule has 0 aliphatic carbocycles. The molecular weight excluding hydrogens is 218 g/mol. The summed E-state index contributed by atoms with van der Waals surface area (Å²) < 4.78 is 0. The number of hydrogen-bond acceptors (Lipinski definition) is 3. The van der Waals surface area contributed by atoms with E-state index in [4.69, 9.17) is 18.0 Å². The van der Waals surface area contributed by atoms with Crippen molar-refractivity contribution >= 4 is 22.9 Å². The Bertz CT molecular complexity index is 346. The molecule has 1 unspecified atom stereocenters. The monoisotopic (exact) mass is 237 g/mol. The molecule has 1 aromatic heterocycles. The number of aromatic nitrogens is 1. The van der Waals surface area contributed by atoms with Gasteiger partial charge in [-0.25, -0.2) is 0 Å². The fourth-order valence-corrected chi connectivity index (χ4v) is 1.70. The average Bonchev–Trinajstić information content (AvgIpc) is 2.26. The van der Waals surface area contributed by atoms with Crippen molar-refractivity contribution in [3.63, 3.8) is 0 Å². The van der Waals surface area contributed by atoms with E-state index in [0.717, 1.165) is 12.1 Å². The van der Waals surface area contributed by atoms with Gasteiger partial charge in [-0.3, -0.25) is 4.98 Å². The van der Waals surface area contributed by atoms with Gasteiger partial charge >= 0.3 is 0 Å². The second-order valence-corrected chi connectivity index (χ2v) is 4.64. The van der Waals surface area contributed by atoms with Gasteiger partial charge in [0.1, 0.15) is 4.99 Å². The van der Waals surface area contributed by atoms with Crippen molar-refractivity contribution < 1.29 is 0 Å². The summed E-state index contributed by atoms with van der Waals surface area (Å²) >= 11 is 4.85. The molecule has 0 aromatic carbocycles. The number of thiocarbonyl (C=S) groups is 1. The van der Waals surface area contributed by atoms with E-state index in [2.05, 4.69) is 31.1 Å². The number of hydrogen-bond donors (Lipinski definition) is 2. The van der Waals surface area contributed by atoms with Gasteiger partial charge in [0.05, 0.1) is 17.6 Å². The van der Waals surface area contributed by atoms with Crippen LogP contribution in [0.15, 0.2) is 18.3 Å². The minimum absolute atomic E-state index is 0.336. The van der Waals surface area contributed by atoms with Gasteiger partial charge in [-0.1, -0.05) is 33.0 Å². The zero-order valence-corrected chi connectivity index (χ0v) is 10.8. The van der Waals surface area contributed by atoms with Crippen molar-refractivity contribution in [3.05, 3.63) is 24.0 Å². The van der Waals surface area contributed by atoms with Crippen LogP contribution in [0.3, 0.4) is 0 Å². The molecule has 4 heteroatoms. The van der Waals surface area contributed by atoms with Gasteiger partial charge < -0.3 is 11.1 Å². The molecule has 1 aromatic rings. The number of anilines is 1. The SMILES string of the molecule is CCC(Nc1ccc(C(N)=S)nc1)C(C)C. The summed E-state index contributed by atoms with van der Waals surface area (Å²) in [5, 5.41) is 3.45. The summed E-state index contributed by atoms with van der Waals surface area (Å²) in [7, 11) is 0. The smallest absolute Gasteiger partial charge is 0.122 e. The minimum Gasteiger partial charge on any atom is -0.388 e. The quantitative estimate of drug-likeness (QED) is 0.773. The zero-order chi connectivity index (χ0) is 12.1. The molecule has 0 radical (unpaired) electrons. The van der Waals surface area contributed by atoms with E-state index >= 15 is 0 Å². The van der Waals surface area contributed by atoms with Crippen LogP contribution in [0.4, 0.5) is 5.69 Å². The molecule has 0 saturated carbocycles. The number of rotatable bonds is 5. The third-order valence-corrected chi connectivity index (χ3v) is 2.82. The highest BCUT2D eigenvalue weighted by Gasteiger charge is 2.10. The first-order chi connectivity index (χ1) is 7.54. The first kappa shape index (κ1) is 12.9. The molecule has 0 amide bonds. The molecule has 3 nitrogen and oxygen atoms in total. The van der Waals surface area contributed by atoms with Crippen LogP contribution in [-0.4, -0.2) is 16.0 Å². The number of nitrogens with one attached hydrogen (secondary N) is 1. The Morgan fingerprint density at radius 3 is 2.56 bits per heavy atom. The predicted molar refractivity (Wildman–Crippen MR) is 72.7 cm³/mol. The minimum atomic E-state index is 0.336. The molecule has 1 rings (SSSR count). The largest absolute Gasteiger partial charge is 0.388 e. The van der Waals surface area contributed by atoms with E-state index in [1.807, 2.05) is 12.1 Å². The van der Waals surface area contributed by atoms with E-state index in [-0.39, 0.29) is 0 Å². The second kappa shape index (κ2) is 5.80. The Kier molecular flexibility index (Phi) is 4.68. The lowest BCUT2D eigenvalue weighted by Crippen LogP contribution is -2.24. The maximum Gasteiger partial charge on any atom is 0.122 e. The highest BCUT2D eigenvalue weighted by Crippen LogP contribution is 2.14. The van der Waals surface area contributed by atoms with E-state index < -0.39 is 0 Å². The van der Waals surface area contributed by atoms with E-state index in [1.54, 1.807) is 6.20 Å². The van der Waals surface area contributed by atoms with Crippen LogP contribution in [0.2, 0.25) is 0 Å². The average molecular weight is 237 g/mol. The Morgan fingerprint density at radius 2 is 2.19 bits per heavy atom. The Hall–Kier alpha value is -1.16. The number of nitrogens with two attached hydrogens (primary N) is 1. The molecule has 1 atom stereocenters. The Morgan fingerprint density at radius 1 is 1.50 bits per heavy atom. The molecule has 3 N–H and O–H groups in total. The van der Waals surface area contributed by atoms with Crippen LogP contribution < -0.4 is 11.1 Å². The topological polar surface area (TPSA) is 50.9 Å². The van der Waals surface area contributed by atoms with Crippen LogP contribution in [0.25, 0.3) is 0 Å². The summed E-state index contributed by atoms with van der Waals surface area (Å²) in [6, 6.07) is 4.28. The Balaban J connectivity index is 2.71. The third-order valence-electron chi connectivity index (χ3n) is 2.61. The van der Waals surface area contributed by atoms with Crippen LogP contribution >= 0.6 is 12.2 Å². The molecule has 0 saturated heterocycles. The van der Waals surface area contributed by atoms with Gasteiger partial charge in [0.15, 0.2) is 0 Å². The highest BCUT2D eigenvalue weighted by molar-refractivity contribution is 7.80. The van der Waals surface area contributed by atoms with Crippen molar-refractivity contribution in [2.24, 2.45) is 11.7 Å². The number of pyridine rings is 1. The Labute approximate surface area is 102 Å². The van der Waals surface area contributed by atoms with Crippen molar-refractivity contribution in [1.29, 1.82) is 0 Å². The van der Waals surface area contributed by atoms with Crippen molar-refractivity contribution in [1.82, 2.24) is 4.98 Å². The van der Waals surface area contributed by atoms with Gasteiger partial charge in [-0.2, -0.15) is 0 Å². The molecular formula is C12H19N3S. The normalized spacial score (nSPS) is 12.5.